The molecule has 188 valence electrons. The molecule has 4 aromatic rings. The molecule has 0 fully saturated rings. The largest absolute Gasteiger partial charge is 0.352 e. The van der Waals surface area contributed by atoms with Gasteiger partial charge in [0.15, 0.2) is 5.78 Å². The van der Waals surface area contributed by atoms with Crippen LogP contribution in [0.25, 0.3) is 16.7 Å². The van der Waals surface area contributed by atoms with Crippen LogP contribution in [0, 0.1) is 18.8 Å². The zero-order valence-corrected chi connectivity index (χ0v) is 21.2. The molecule has 2 aromatic carbocycles. The fraction of sp³-hybridized carbons (Fsp3) is 0.370. The first-order valence-corrected chi connectivity index (χ1v) is 12.1. The van der Waals surface area contributed by atoms with Gasteiger partial charge in [-0.05, 0) is 37.0 Å². The molecule has 0 saturated heterocycles. The van der Waals surface area contributed by atoms with Crippen molar-refractivity contribution >= 4 is 28.4 Å². The lowest BCUT2D eigenvalue weighted by atomic mass is 10.1. The zero-order valence-electron chi connectivity index (χ0n) is 21.2. The summed E-state index contributed by atoms with van der Waals surface area (Å²) >= 11 is 0. The van der Waals surface area contributed by atoms with E-state index in [4.69, 9.17) is 0 Å². The van der Waals surface area contributed by atoms with E-state index >= 15 is 0 Å². The van der Waals surface area contributed by atoms with Crippen LogP contribution in [0.1, 0.15) is 54.0 Å². The standard InChI is InChI=1S/C27H31N5O4/c1-16(2)13-28-24(34)20-10-11-21-22(12-20)32-26(30(25(21)35)14-17(3)4)29-31(27(32)36)15-23(33)19-8-6-18(5)7-9-19/h6-12,16-17H,13-15H2,1-5H3,(H,28,34). The molecule has 0 spiro atoms. The van der Waals surface area contributed by atoms with Gasteiger partial charge in [0.25, 0.3) is 11.5 Å². The Hall–Kier alpha value is -4.01. The smallest absolute Gasteiger partial charge is 0.352 e. The van der Waals surface area contributed by atoms with Crippen molar-refractivity contribution in [3.63, 3.8) is 0 Å². The Morgan fingerprint density at radius 2 is 1.61 bits per heavy atom. The van der Waals surface area contributed by atoms with Crippen LogP contribution in [0.4, 0.5) is 0 Å². The second kappa shape index (κ2) is 9.93. The van der Waals surface area contributed by atoms with E-state index < -0.39 is 5.69 Å². The monoisotopic (exact) mass is 489 g/mol. The third-order valence-corrected chi connectivity index (χ3v) is 5.93. The highest BCUT2D eigenvalue weighted by molar-refractivity contribution is 5.98. The second-order valence-corrected chi connectivity index (χ2v) is 10.0. The molecule has 0 atom stereocenters. The van der Waals surface area contributed by atoms with Crippen LogP contribution >= 0.6 is 0 Å². The molecule has 0 unspecified atom stereocenters. The molecule has 0 saturated carbocycles. The molecule has 0 aliphatic rings. The summed E-state index contributed by atoms with van der Waals surface area (Å²) in [7, 11) is 0. The highest BCUT2D eigenvalue weighted by atomic mass is 16.2. The van der Waals surface area contributed by atoms with Crippen LogP contribution < -0.4 is 16.6 Å². The Morgan fingerprint density at radius 1 is 0.944 bits per heavy atom. The Labute approximate surface area is 208 Å². The molecule has 36 heavy (non-hydrogen) atoms. The van der Waals surface area contributed by atoms with E-state index in [2.05, 4.69) is 10.4 Å². The van der Waals surface area contributed by atoms with Crippen molar-refractivity contribution in [1.82, 2.24) is 24.1 Å². The summed E-state index contributed by atoms with van der Waals surface area (Å²) in [6.07, 6.45) is 0. The summed E-state index contributed by atoms with van der Waals surface area (Å²) < 4.78 is 3.86. The third-order valence-electron chi connectivity index (χ3n) is 5.93. The SMILES string of the molecule is Cc1ccc(C(=O)Cn2nc3n(CC(C)C)c(=O)c4ccc(C(=O)NCC(C)C)cc4n3c2=O)cc1. The summed E-state index contributed by atoms with van der Waals surface area (Å²) in [4.78, 5) is 52.5. The summed E-state index contributed by atoms with van der Waals surface area (Å²) in [5.41, 5.74) is 1.26. The number of hydrogen-bond donors (Lipinski definition) is 1. The molecule has 9 heteroatoms. The molecule has 2 heterocycles. The lowest BCUT2D eigenvalue weighted by Gasteiger charge is -2.13. The van der Waals surface area contributed by atoms with Crippen LogP contribution in [0.3, 0.4) is 0 Å². The predicted molar refractivity (Wildman–Crippen MR) is 139 cm³/mol. The van der Waals surface area contributed by atoms with E-state index in [-0.39, 0.29) is 46.9 Å². The fourth-order valence-electron chi connectivity index (χ4n) is 4.06. The Morgan fingerprint density at radius 3 is 2.25 bits per heavy atom. The van der Waals surface area contributed by atoms with Gasteiger partial charge < -0.3 is 5.32 Å². The minimum absolute atomic E-state index is 0.111. The van der Waals surface area contributed by atoms with Gasteiger partial charge in [-0.25, -0.2) is 13.9 Å². The van der Waals surface area contributed by atoms with Gasteiger partial charge in [0.2, 0.25) is 5.78 Å². The highest BCUT2D eigenvalue weighted by Crippen LogP contribution is 2.16. The van der Waals surface area contributed by atoms with Crippen LogP contribution in [-0.4, -0.2) is 37.0 Å². The maximum Gasteiger partial charge on any atom is 0.352 e. The number of nitrogens with one attached hydrogen (secondary N) is 1. The number of aromatic nitrogens is 4. The van der Waals surface area contributed by atoms with Gasteiger partial charge in [0, 0.05) is 24.2 Å². The van der Waals surface area contributed by atoms with Gasteiger partial charge >= 0.3 is 5.69 Å². The highest BCUT2D eigenvalue weighted by Gasteiger charge is 2.21. The molecule has 0 aliphatic heterocycles. The van der Waals surface area contributed by atoms with Gasteiger partial charge in [0.05, 0.1) is 10.9 Å². The van der Waals surface area contributed by atoms with Crippen molar-refractivity contribution in [1.29, 1.82) is 0 Å². The molecule has 0 bridgehead atoms. The normalized spacial score (nSPS) is 11.6. The quantitative estimate of drug-likeness (QED) is 0.383. The number of ketones is 1. The fourth-order valence-corrected chi connectivity index (χ4v) is 4.06. The Bertz CT molecular complexity index is 1570. The van der Waals surface area contributed by atoms with E-state index in [0.29, 0.717) is 29.6 Å². The van der Waals surface area contributed by atoms with Crippen molar-refractivity contribution in [2.75, 3.05) is 6.54 Å². The van der Waals surface area contributed by atoms with E-state index in [1.165, 1.54) is 15.0 Å². The molecular weight excluding hydrogens is 458 g/mol. The number of fused-ring (bicyclic) bond motifs is 3. The first kappa shape index (κ1) is 25.1. The number of nitrogens with zero attached hydrogens (tertiary/aromatic N) is 4. The number of benzene rings is 2. The second-order valence-electron chi connectivity index (χ2n) is 10.0. The maximum atomic E-state index is 13.5. The van der Waals surface area contributed by atoms with E-state index in [1.807, 2.05) is 46.8 Å². The van der Waals surface area contributed by atoms with E-state index in [9.17, 15) is 19.2 Å². The summed E-state index contributed by atoms with van der Waals surface area (Å²) in [6.45, 7) is 10.4. The molecule has 2 aromatic heterocycles. The van der Waals surface area contributed by atoms with Crippen LogP contribution in [0.5, 0.6) is 0 Å². The zero-order chi connectivity index (χ0) is 26.1. The third kappa shape index (κ3) is 4.86. The average molecular weight is 490 g/mol. The van der Waals surface area contributed by atoms with Gasteiger partial charge in [-0.1, -0.05) is 57.5 Å². The Balaban J connectivity index is 1.89. The minimum atomic E-state index is -0.548. The minimum Gasteiger partial charge on any atom is -0.352 e. The Kier molecular flexibility index (Phi) is 6.92. The van der Waals surface area contributed by atoms with Crippen molar-refractivity contribution in [3.05, 3.63) is 80.0 Å². The molecular formula is C27H31N5O4. The maximum absolute atomic E-state index is 13.5. The summed E-state index contributed by atoms with van der Waals surface area (Å²) in [5.74, 6) is -0.0326. The van der Waals surface area contributed by atoms with E-state index in [1.54, 1.807) is 24.3 Å². The molecule has 1 amide bonds. The van der Waals surface area contributed by atoms with Crippen molar-refractivity contribution in [2.45, 2.75) is 47.7 Å². The number of aryl methyl sites for hydroxylation is 1. The lowest BCUT2D eigenvalue weighted by molar-refractivity contribution is 0.0946. The number of rotatable bonds is 8. The predicted octanol–water partition coefficient (Wildman–Crippen LogP) is 3.04. The molecule has 0 aliphatic carbocycles. The molecule has 9 nitrogen and oxygen atoms in total. The lowest BCUT2D eigenvalue weighted by Crippen LogP contribution is -2.29. The van der Waals surface area contributed by atoms with Crippen molar-refractivity contribution < 1.29 is 9.59 Å². The first-order chi connectivity index (χ1) is 17.1. The molecule has 4 rings (SSSR count). The molecule has 1 N–H and O–H groups in total. The number of carbonyl (C=O) groups excluding carboxylic acids is 2. The first-order valence-electron chi connectivity index (χ1n) is 12.1. The summed E-state index contributed by atoms with van der Waals surface area (Å²) in [6, 6.07) is 11.8. The van der Waals surface area contributed by atoms with Gasteiger partial charge in [-0.15, -0.1) is 5.10 Å². The average Bonchev–Trinajstić information content (AvgIpc) is 3.15. The van der Waals surface area contributed by atoms with Crippen LogP contribution in [0.15, 0.2) is 52.1 Å². The van der Waals surface area contributed by atoms with Crippen molar-refractivity contribution in [3.8, 4) is 0 Å². The molecule has 0 radical (unpaired) electrons. The van der Waals surface area contributed by atoms with Crippen molar-refractivity contribution in [2.24, 2.45) is 11.8 Å². The van der Waals surface area contributed by atoms with Crippen LogP contribution in [0.2, 0.25) is 0 Å². The van der Waals surface area contributed by atoms with E-state index in [0.717, 1.165) is 10.2 Å². The van der Waals surface area contributed by atoms with Crippen LogP contribution in [-0.2, 0) is 13.1 Å². The number of carbonyl (C=O) groups is 2. The topological polar surface area (TPSA) is 107 Å². The van der Waals surface area contributed by atoms with Gasteiger partial charge in [-0.2, -0.15) is 0 Å². The summed E-state index contributed by atoms with van der Waals surface area (Å²) in [5, 5.41) is 7.56. The van der Waals surface area contributed by atoms with Gasteiger partial charge in [-0.3, -0.25) is 19.0 Å². The number of amides is 1. The number of hydrogen-bond acceptors (Lipinski definition) is 5. The van der Waals surface area contributed by atoms with Gasteiger partial charge in [0.1, 0.15) is 6.54 Å². The number of Topliss-reactive ketones (excluding diaryl/α,β-unsaturated/α-hetero) is 1.